The zero-order valence-electron chi connectivity index (χ0n) is 14.0. The first-order valence-electron chi connectivity index (χ1n) is 8.18. The SMILES string of the molecule is Cc1cscc1CNC(=O)[C@H]1CCC(=O)N(C)[C@@H]1c1ccccc1. The standard InChI is InChI=1S/C19H22N2O2S/c1-13-11-24-12-15(13)10-20-19(23)16-8-9-17(22)21(2)18(16)14-6-4-3-5-7-14/h3-7,11-12,16,18H,8-10H2,1-2H3,(H,20,23)/t16-,18+/m0/s1. The fraction of sp³-hybridized carbons (Fsp3) is 0.368. The maximum atomic E-state index is 12.8. The Morgan fingerprint density at radius 2 is 2.04 bits per heavy atom. The van der Waals surface area contributed by atoms with Gasteiger partial charge in [0.15, 0.2) is 0 Å². The number of aryl methyl sites for hydroxylation is 1. The summed E-state index contributed by atoms with van der Waals surface area (Å²) in [5.41, 5.74) is 3.38. The number of rotatable bonds is 4. The monoisotopic (exact) mass is 342 g/mol. The van der Waals surface area contributed by atoms with E-state index in [0.717, 1.165) is 11.1 Å². The number of piperidine rings is 1. The lowest BCUT2D eigenvalue weighted by atomic mass is 9.84. The van der Waals surface area contributed by atoms with E-state index in [2.05, 4.69) is 23.0 Å². The summed E-state index contributed by atoms with van der Waals surface area (Å²) < 4.78 is 0. The first kappa shape index (κ1) is 16.7. The molecule has 2 atom stereocenters. The van der Waals surface area contributed by atoms with Crippen LogP contribution in [-0.2, 0) is 16.1 Å². The van der Waals surface area contributed by atoms with Crippen LogP contribution in [0.2, 0.25) is 0 Å². The van der Waals surface area contributed by atoms with Crippen LogP contribution in [0.25, 0.3) is 0 Å². The van der Waals surface area contributed by atoms with Crippen LogP contribution < -0.4 is 5.32 Å². The summed E-state index contributed by atoms with van der Waals surface area (Å²) >= 11 is 1.65. The molecule has 4 nitrogen and oxygen atoms in total. The highest BCUT2D eigenvalue weighted by molar-refractivity contribution is 7.08. The topological polar surface area (TPSA) is 49.4 Å². The Hall–Kier alpha value is -2.14. The lowest BCUT2D eigenvalue weighted by Gasteiger charge is -2.38. The second-order valence-corrected chi connectivity index (χ2v) is 7.05. The van der Waals surface area contributed by atoms with Crippen molar-refractivity contribution in [2.24, 2.45) is 5.92 Å². The van der Waals surface area contributed by atoms with Crippen molar-refractivity contribution in [3.63, 3.8) is 0 Å². The highest BCUT2D eigenvalue weighted by Gasteiger charge is 2.38. The van der Waals surface area contributed by atoms with Crippen molar-refractivity contribution in [3.05, 3.63) is 57.8 Å². The average molecular weight is 342 g/mol. The van der Waals surface area contributed by atoms with Crippen LogP contribution in [-0.4, -0.2) is 23.8 Å². The van der Waals surface area contributed by atoms with Crippen LogP contribution in [0, 0.1) is 12.8 Å². The van der Waals surface area contributed by atoms with Crippen LogP contribution in [0.15, 0.2) is 41.1 Å². The van der Waals surface area contributed by atoms with Gasteiger partial charge in [0, 0.05) is 20.0 Å². The normalized spacial score (nSPS) is 20.9. The summed E-state index contributed by atoms with van der Waals surface area (Å²) in [6, 6.07) is 9.63. The van der Waals surface area contributed by atoms with E-state index in [-0.39, 0.29) is 23.8 Å². The molecular formula is C19H22N2O2S. The third kappa shape index (κ3) is 3.36. The quantitative estimate of drug-likeness (QED) is 0.927. The molecule has 1 aliphatic heterocycles. The van der Waals surface area contributed by atoms with E-state index >= 15 is 0 Å². The van der Waals surface area contributed by atoms with Crippen molar-refractivity contribution in [2.75, 3.05) is 7.05 Å². The first-order chi connectivity index (χ1) is 11.6. The number of benzene rings is 1. The Morgan fingerprint density at radius 3 is 2.71 bits per heavy atom. The molecule has 2 amide bonds. The molecule has 5 heteroatoms. The fourth-order valence-electron chi connectivity index (χ4n) is 3.30. The molecule has 2 heterocycles. The number of hydrogen-bond acceptors (Lipinski definition) is 3. The molecule has 0 spiro atoms. The predicted molar refractivity (Wildman–Crippen MR) is 95.6 cm³/mol. The maximum absolute atomic E-state index is 12.8. The molecule has 3 rings (SSSR count). The molecule has 126 valence electrons. The summed E-state index contributed by atoms with van der Waals surface area (Å²) in [6.07, 6.45) is 1.02. The maximum Gasteiger partial charge on any atom is 0.225 e. The Balaban J connectivity index is 1.77. The number of likely N-dealkylation sites (tertiary alicyclic amines) is 1. The lowest BCUT2D eigenvalue weighted by molar-refractivity contribution is -0.141. The van der Waals surface area contributed by atoms with Crippen LogP contribution >= 0.6 is 11.3 Å². The molecular weight excluding hydrogens is 320 g/mol. The van der Waals surface area contributed by atoms with Crippen LogP contribution in [0.5, 0.6) is 0 Å². The van der Waals surface area contributed by atoms with E-state index in [9.17, 15) is 9.59 Å². The molecule has 1 aromatic heterocycles. The minimum absolute atomic E-state index is 0.0220. The molecule has 2 aromatic rings. The average Bonchev–Trinajstić information content (AvgIpc) is 3.01. The van der Waals surface area contributed by atoms with Gasteiger partial charge in [0.2, 0.25) is 11.8 Å². The molecule has 0 aliphatic carbocycles. The number of carbonyl (C=O) groups excluding carboxylic acids is 2. The number of carbonyl (C=O) groups is 2. The van der Waals surface area contributed by atoms with Gasteiger partial charge >= 0.3 is 0 Å². The molecule has 1 aliphatic rings. The van der Waals surface area contributed by atoms with Gasteiger partial charge in [-0.25, -0.2) is 0 Å². The van der Waals surface area contributed by atoms with Gasteiger partial charge < -0.3 is 10.2 Å². The third-order valence-corrected chi connectivity index (χ3v) is 5.66. The van der Waals surface area contributed by atoms with Crippen molar-refractivity contribution in [1.29, 1.82) is 0 Å². The van der Waals surface area contributed by atoms with E-state index in [1.165, 1.54) is 5.56 Å². The van der Waals surface area contributed by atoms with E-state index in [4.69, 9.17) is 0 Å². The van der Waals surface area contributed by atoms with Crippen molar-refractivity contribution in [3.8, 4) is 0 Å². The number of amides is 2. The summed E-state index contributed by atoms with van der Waals surface area (Å²) in [5.74, 6) is -0.0931. The second-order valence-electron chi connectivity index (χ2n) is 6.30. The van der Waals surface area contributed by atoms with Crippen LogP contribution in [0.4, 0.5) is 0 Å². The van der Waals surface area contributed by atoms with Gasteiger partial charge in [-0.3, -0.25) is 9.59 Å². The molecule has 1 aromatic carbocycles. The molecule has 1 saturated heterocycles. The summed E-state index contributed by atoms with van der Waals surface area (Å²) in [4.78, 5) is 26.6. The van der Waals surface area contributed by atoms with Gasteiger partial charge in [-0.05, 0) is 40.8 Å². The van der Waals surface area contributed by atoms with Gasteiger partial charge in [0.1, 0.15) is 0 Å². The number of thiophene rings is 1. The Morgan fingerprint density at radius 1 is 1.29 bits per heavy atom. The number of nitrogens with one attached hydrogen (secondary N) is 1. The molecule has 1 fully saturated rings. The van der Waals surface area contributed by atoms with E-state index in [0.29, 0.717) is 19.4 Å². The predicted octanol–water partition coefficient (Wildman–Crippen LogP) is 3.28. The summed E-state index contributed by atoms with van der Waals surface area (Å²) in [5, 5.41) is 7.22. The van der Waals surface area contributed by atoms with Gasteiger partial charge in [-0.2, -0.15) is 11.3 Å². The highest BCUT2D eigenvalue weighted by atomic mass is 32.1. The molecule has 24 heavy (non-hydrogen) atoms. The van der Waals surface area contributed by atoms with Gasteiger partial charge in [-0.15, -0.1) is 0 Å². The minimum Gasteiger partial charge on any atom is -0.352 e. The van der Waals surface area contributed by atoms with Gasteiger partial charge in [0.25, 0.3) is 0 Å². The summed E-state index contributed by atoms with van der Waals surface area (Å²) in [7, 11) is 1.79. The molecule has 0 saturated carbocycles. The zero-order chi connectivity index (χ0) is 17.1. The summed E-state index contributed by atoms with van der Waals surface area (Å²) in [6.45, 7) is 2.60. The van der Waals surface area contributed by atoms with Gasteiger partial charge in [-0.1, -0.05) is 30.3 Å². The number of nitrogens with zero attached hydrogens (tertiary/aromatic N) is 1. The van der Waals surface area contributed by atoms with E-state index in [1.807, 2.05) is 30.3 Å². The zero-order valence-corrected chi connectivity index (χ0v) is 14.8. The fourth-order valence-corrected chi connectivity index (χ4v) is 4.16. The highest BCUT2D eigenvalue weighted by Crippen LogP contribution is 2.35. The van der Waals surface area contributed by atoms with Crippen molar-refractivity contribution >= 4 is 23.2 Å². The van der Waals surface area contributed by atoms with Crippen molar-refractivity contribution < 1.29 is 9.59 Å². The van der Waals surface area contributed by atoms with E-state index in [1.54, 1.807) is 23.3 Å². The molecule has 0 radical (unpaired) electrons. The third-order valence-electron chi connectivity index (χ3n) is 4.75. The minimum atomic E-state index is -0.214. The van der Waals surface area contributed by atoms with Crippen molar-refractivity contribution in [1.82, 2.24) is 10.2 Å². The Kier molecular flexibility index (Phi) is 5.00. The second kappa shape index (κ2) is 7.18. The Bertz CT molecular complexity index is 726. The lowest BCUT2D eigenvalue weighted by Crippen LogP contribution is -2.46. The van der Waals surface area contributed by atoms with Crippen LogP contribution in [0.3, 0.4) is 0 Å². The first-order valence-corrected chi connectivity index (χ1v) is 9.12. The number of hydrogen-bond donors (Lipinski definition) is 1. The van der Waals surface area contributed by atoms with E-state index < -0.39 is 0 Å². The molecule has 0 unspecified atom stereocenters. The molecule has 0 bridgehead atoms. The Labute approximate surface area is 146 Å². The molecule has 1 N–H and O–H groups in total. The largest absolute Gasteiger partial charge is 0.352 e. The van der Waals surface area contributed by atoms with Crippen LogP contribution in [0.1, 0.15) is 35.6 Å². The van der Waals surface area contributed by atoms with Gasteiger partial charge in [0.05, 0.1) is 12.0 Å². The smallest absolute Gasteiger partial charge is 0.225 e. The van der Waals surface area contributed by atoms with Crippen molar-refractivity contribution in [2.45, 2.75) is 32.4 Å².